The largest absolute Gasteiger partial charge is 0.491 e. The molecule has 21 heavy (non-hydrogen) atoms. The maximum Gasteiger partial charge on any atom is 0.491 e. The Labute approximate surface area is 125 Å². The first kappa shape index (κ1) is 14.8. The standard InChI is InChI=1S/C16H21BO4/c18-15(6-9-16(19)7-2-1-3-8-16)12-4-5-13-11-21-17(20)14(13)10-12/h4-5,10,19-20H,1-3,6-9,11H2. The molecule has 5 heteroatoms. The van der Waals surface area contributed by atoms with Crippen LogP contribution in [0.1, 0.15) is 60.9 Å². The molecule has 0 spiro atoms. The molecule has 0 radical (unpaired) electrons. The second kappa shape index (κ2) is 5.91. The van der Waals surface area contributed by atoms with Crippen molar-refractivity contribution in [2.75, 3.05) is 0 Å². The summed E-state index contributed by atoms with van der Waals surface area (Å²) in [6, 6.07) is 5.35. The molecule has 3 rings (SSSR count). The van der Waals surface area contributed by atoms with Crippen LogP contribution in [-0.2, 0) is 11.3 Å². The zero-order valence-electron chi connectivity index (χ0n) is 12.2. The molecule has 1 heterocycles. The number of Topliss-reactive ketones (excluding diaryl/α,β-unsaturated/α-hetero) is 1. The lowest BCUT2D eigenvalue weighted by atomic mass is 9.77. The normalized spacial score (nSPS) is 20.4. The summed E-state index contributed by atoms with van der Waals surface area (Å²) >= 11 is 0. The predicted molar refractivity (Wildman–Crippen MR) is 80.4 cm³/mol. The van der Waals surface area contributed by atoms with Crippen LogP contribution >= 0.6 is 0 Å². The number of carbonyl (C=O) groups excluding carboxylic acids is 1. The van der Waals surface area contributed by atoms with E-state index in [0.717, 1.165) is 31.2 Å². The first-order chi connectivity index (χ1) is 10.1. The average Bonchev–Trinajstić information content (AvgIpc) is 2.87. The zero-order chi connectivity index (χ0) is 14.9. The SMILES string of the molecule is O=C(CCC1(O)CCCCC1)c1ccc2c(c1)B(O)OC2. The van der Waals surface area contributed by atoms with E-state index in [1.54, 1.807) is 12.1 Å². The first-order valence-electron chi connectivity index (χ1n) is 7.75. The van der Waals surface area contributed by atoms with Crippen LogP contribution in [0.25, 0.3) is 0 Å². The van der Waals surface area contributed by atoms with E-state index in [9.17, 15) is 14.9 Å². The molecule has 0 amide bonds. The van der Waals surface area contributed by atoms with Gasteiger partial charge in [0.05, 0.1) is 12.2 Å². The van der Waals surface area contributed by atoms with Gasteiger partial charge in [0, 0.05) is 12.0 Å². The molecule has 0 bridgehead atoms. The van der Waals surface area contributed by atoms with E-state index < -0.39 is 12.7 Å². The number of rotatable bonds is 4. The topological polar surface area (TPSA) is 66.8 Å². The minimum atomic E-state index is -0.921. The Bertz CT molecular complexity index is 537. The number of fused-ring (bicyclic) bond motifs is 1. The van der Waals surface area contributed by atoms with Crippen LogP contribution in [-0.4, -0.2) is 28.6 Å². The Morgan fingerprint density at radius 3 is 2.81 bits per heavy atom. The van der Waals surface area contributed by atoms with Gasteiger partial charge < -0.3 is 14.8 Å². The van der Waals surface area contributed by atoms with Gasteiger partial charge in [-0.25, -0.2) is 0 Å². The second-order valence-electron chi connectivity index (χ2n) is 6.29. The van der Waals surface area contributed by atoms with Gasteiger partial charge in [-0.2, -0.15) is 0 Å². The van der Waals surface area contributed by atoms with E-state index in [0.29, 0.717) is 30.5 Å². The third-order valence-corrected chi connectivity index (χ3v) is 4.73. The highest BCUT2D eigenvalue weighted by molar-refractivity contribution is 6.61. The van der Waals surface area contributed by atoms with Crippen molar-refractivity contribution in [3.05, 3.63) is 29.3 Å². The Morgan fingerprint density at radius 1 is 1.29 bits per heavy atom. The molecule has 0 unspecified atom stereocenters. The van der Waals surface area contributed by atoms with Gasteiger partial charge in [-0.05, 0) is 30.3 Å². The van der Waals surface area contributed by atoms with Crippen LogP contribution in [0.15, 0.2) is 18.2 Å². The number of benzene rings is 1. The minimum absolute atomic E-state index is 0.0240. The molecule has 0 atom stereocenters. The summed E-state index contributed by atoms with van der Waals surface area (Å²) in [5, 5.41) is 20.1. The molecule has 4 nitrogen and oxygen atoms in total. The van der Waals surface area contributed by atoms with Crippen molar-refractivity contribution in [1.82, 2.24) is 0 Å². The highest BCUT2D eigenvalue weighted by Crippen LogP contribution is 2.32. The van der Waals surface area contributed by atoms with Crippen LogP contribution in [0.2, 0.25) is 0 Å². The van der Waals surface area contributed by atoms with E-state index in [1.165, 1.54) is 6.42 Å². The number of hydrogen-bond acceptors (Lipinski definition) is 4. The smallest absolute Gasteiger partial charge is 0.423 e. The Kier molecular flexibility index (Phi) is 4.15. The maximum absolute atomic E-state index is 12.3. The lowest BCUT2D eigenvalue weighted by Crippen LogP contribution is -2.32. The molecule has 0 saturated heterocycles. The van der Waals surface area contributed by atoms with Crippen molar-refractivity contribution in [2.24, 2.45) is 0 Å². The minimum Gasteiger partial charge on any atom is -0.423 e. The molecule has 1 saturated carbocycles. The number of ketones is 1. The third-order valence-electron chi connectivity index (χ3n) is 4.73. The molecule has 1 aromatic rings. The van der Waals surface area contributed by atoms with Crippen molar-refractivity contribution in [2.45, 2.75) is 57.2 Å². The lowest BCUT2D eigenvalue weighted by Gasteiger charge is -2.31. The maximum atomic E-state index is 12.3. The van der Waals surface area contributed by atoms with Crippen LogP contribution < -0.4 is 5.46 Å². The molecule has 1 aromatic carbocycles. The van der Waals surface area contributed by atoms with Crippen LogP contribution in [0.4, 0.5) is 0 Å². The zero-order valence-corrected chi connectivity index (χ0v) is 12.2. The molecule has 1 aliphatic carbocycles. The van der Waals surface area contributed by atoms with Gasteiger partial charge in [-0.1, -0.05) is 37.5 Å². The molecular formula is C16H21BO4. The highest BCUT2D eigenvalue weighted by Gasteiger charge is 2.31. The van der Waals surface area contributed by atoms with Gasteiger partial charge in [0.15, 0.2) is 5.78 Å². The molecule has 2 aliphatic rings. The van der Waals surface area contributed by atoms with E-state index in [4.69, 9.17) is 4.65 Å². The Hall–Kier alpha value is -1.17. The van der Waals surface area contributed by atoms with Crippen molar-refractivity contribution in [3.63, 3.8) is 0 Å². The van der Waals surface area contributed by atoms with Gasteiger partial charge in [0.2, 0.25) is 0 Å². The number of carbonyl (C=O) groups is 1. The molecule has 1 fully saturated rings. The lowest BCUT2D eigenvalue weighted by molar-refractivity contribution is -0.00455. The molecular weight excluding hydrogens is 267 g/mol. The summed E-state index contributed by atoms with van der Waals surface area (Å²) in [5.41, 5.74) is 1.56. The number of aliphatic hydroxyl groups is 1. The first-order valence-corrected chi connectivity index (χ1v) is 7.75. The van der Waals surface area contributed by atoms with Gasteiger partial charge in [0.1, 0.15) is 0 Å². The summed E-state index contributed by atoms with van der Waals surface area (Å²) < 4.78 is 5.13. The van der Waals surface area contributed by atoms with Gasteiger partial charge in [0.25, 0.3) is 0 Å². The summed E-state index contributed by atoms with van der Waals surface area (Å²) in [6.07, 6.45) is 5.77. The fraction of sp³-hybridized carbons (Fsp3) is 0.562. The van der Waals surface area contributed by atoms with Crippen molar-refractivity contribution in [1.29, 1.82) is 0 Å². The number of hydrogen-bond donors (Lipinski definition) is 2. The molecule has 2 N–H and O–H groups in total. The van der Waals surface area contributed by atoms with Gasteiger partial charge in [-0.15, -0.1) is 0 Å². The second-order valence-corrected chi connectivity index (χ2v) is 6.29. The summed E-state index contributed by atoms with van der Waals surface area (Å²) in [4.78, 5) is 12.3. The Morgan fingerprint density at radius 2 is 2.05 bits per heavy atom. The molecule has 1 aliphatic heterocycles. The third kappa shape index (κ3) is 3.20. The van der Waals surface area contributed by atoms with Gasteiger partial charge >= 0.3 is 7.12 Å². The quantitative estimate of drug-likeness (QED) is 0.652. The van der Waals surface area contributed by atoms with Crippen molar-refractivity contribution in [3.8, 4) is 0 Å². The van der Waals surface area contributed by atoms with Crippen molar-refractivity contribution >= 4 is 18.4 Å². The summed E-state index contributed by atoms with van der Waals surface area (Å²) in [6.45, 7) is 0.394. The fourth-order valence-electron chi connectivity index (χ4n) is 3.34. The van der Waals surface area contributed by atoms with E-state index in [1.807, 2.05) is 6.07 Å². The molecule has 112 valence electrons. The van der Waals surface area contributed by atoms with E-state index in [2.05, 4.69) is 0 Å². The van der Waals surface area contributed by atoms with Crippen LogP contribution in [0, 0.1) is 0 Å². The highest BCUT2D eigenvalue weighted by atomic mass is 16.5. The summed E-state index contributed by atoms with van der Waals surface area (Å²) in [5.74, 6) is 0.0240. The van der Waals surface area contributed by atoms with Crippen LogP contribution in [0.3, 0.4) is 0 Å². The monoisotopic (exact) mass is 288 g/mol. The fourth-order valence-corrected chi connectivity index (χ4v) is 3.34. The molecule has 0 aromatic heterocycles. The van der Waals surface area contributed by atoms with E-state index >= 15 is 0 Å². The van der Waals surface area contributed by atoms with Gasteiger partial charge in [-0.3, -0.25) is 4.79 Å². The predicted octanol–water partition coefficient (Wildman–Crippen LogP) is 1.56. The van der Waals surface area contributed by atoms with E-state index in [-0.39, 0.29) is 5.78 Å². The summed E-state index contributed by atoms with van der Waals surface area (Å²) in [7, 11) is -0.921. The average molecular weight is 288 g/mol. The Balaban J connectivity index is 1.64. The van der Waals surface area contributed by atoms with Crippen molar-refractivity contribution < 1.29 is 19.6 Å². The van der Waals surface area contributed by atoms with Crippen LogP contribution in [0.5, 0.6) is 0 Å².